The van der Waals surface area contributed by atoms with Gasteiger partial charge in [0.1, 0.15) is 0 Å². The minimum absolute atomic E-state index is 0.0266. The van der Waals surface area contributed by atoms with Gasteiger partial charge in [0.25, 0.3) is 0 Å². The summed E-state index contributed by atoms with van der Waals surface area (Å²) in [5.74, 6) is -0.548. The first-order valence-corrected chi connectivity index (χ1v) is 10.3. The van der Waals surface area contributed by atoms with Crippen LogP contribution in [0.25, 0.3) is 0 Å². The van der Waals surface area contributed by atoms with Gasteiger partial charge in [0.2, 0.25) is 11.4 Å². The Balaban J connectivity index is 2.39. The van der Waals surface area contributed by atoms with Gasteiger partial charge in [-0.3, -0.25) is 4.79 Å². The van der Waals surface area contributed by atoms with Crippen molar-refractivity contribution in [2.24, 2.45) is 0 Å². The lowest BCUT2D eigenvalue weighted by Crippen LogP contribution is -2.18. The molecular weight excluding hydrogens is 414 g/mol. The van der Waals surface area contributed by atoms with Gasteiger partial charge in [-0.05, 0) is 51.0 Å². The standard InChI is InChI=1S/C19H17Cl3O3P/c1-9-5-10(2)16(11(3)6-9)19(24)26(25)12(4)18(23)17-14(21)7-13(20)8-15(17)22/h5-8,12H,1-4H3/q+1. The maximum atomic E-state index is 12.8. The molecule has 0 bridgehead atoms. The number of carbonyl (C=O) groups is 2. The molecule has 0 aliphatic carbocycles. The van der Waals surface area contributed by atoms with E-state index in [4.69, 9.17) is 34.8 Å². The van der Waals surface area contributed by atoms with E-state index in [0.717, 1.165) is 16.7 Å². The second-order valence-corrected chi connectivity index (χ2v) is 9.27. The predicted octanol–water partition coefficient (Wildman–Crippen LogP) is 6.81. The summed E-state index contributed by atoms with van der Waals surface area (Å²) in [5, 5.41) is 0.423. The zero-order valence-electron chi connectivity index (χ0n) is 14.7. The van der Waals surface area contributed by atoms with E-state index in [9.17, 15) is 14.2 Å². The van der Waals surface area contributed by atoms with Crippen LogP contribution in [0.5, 0.6) is 0 Å². The van der Waals surface area contributed by atoms with Crippen LogP contribution in [-0.2, 0) is 4.57 Å². The summed E-state index contributed by atoms with van der Waals surface area (Å²) >= 11 is 18.0. The molecule has 7 heteroatoms. The van der Waals surface area contributed by atoms with E-state index in [1.807, 2.05) is 19.1 Å². The summed E-state index contributed by atoms with van der Waals surface area (Å²) in [4.78, 5) is 25.5. The number of carbonyl (C=O) groups excluding carboxylic acids is 2. The summed E-state index contributed by atoms with van der Waals surface area (Å²) < 4.78 is 12.8. The number of rotatable bonds is 5. The Morgan fingerprint density at radius 3 is 1.81 bits per heavy atom. The van der Waals surface area contributed by atoms with Crippen molar-refractivity contribution in [3.63, 3.8) is 0 Å². The molecule has 2 rings (SSSR count). The van der Waals surface area contributed by atoms with Gasteiger partial charge in [-0.1, -0.05) is 57.1 Å². The molecule has 136 valence electrons. The van der Waals surface area contributed by atoms with Crippen LogP contribution in [-0.4, -0.2) is 17.0 Å². The molecule has 0 aromatic heterocycles. The predicted molar refractivity (Wildman–Crippen MR) is 108 cm³/mol. The zero-order valence-corrected chi connectivity index (χ0v) is 17.9. The fourth-order valence-corrected chi connectivity index (χ4v) is 5.17. The first-order valence-electron chi connectivity index (χ1n) is 7.82. The first kappa shape index (κ1) is 21.1. The molecule has 0 fully saturated rings. The van der Waals surface area contributed by atoms with Crippen LogP contribution in [0.1, 0.15) is 44.3 Å². The number of aryl methyl sites for hydroxylation is 3. The lowest BCUT2D eigenvalue weighted by atomic mass is 10.0. The highest BCUT2D eigenvalue weighted by molar-refractivity contribution is 7.66. The molecule has 0 heterocycles. The van der Waals surface area contributed by atoms with Crippen molar-refractivity contribution in [2.45, 2.75) is 33.4 Å². The van der Waals surface area contributed by atoms with Crippen molar-refractivity contribution >= 4 is 53.9 Å². The highest BCUT2D eigenvalue weighted by atomic mass is 35.5. The second kappa shape index (κ2) is 8.19. The number of hydrogen-bond acceptors (Lipinski definition) is 3. The van der Waals surface area contributed by atoms with E-state index in [1.165, 1.54) is 19.1 Å². The Hall–Kier alpha value is -1.25. The van der Waals surface area contributed by atoms with Gasteiger partial charge in [-0.25, -0.2) is 4.79 Å². The fourth-order valence-electron chi connectivity index (χ4n) is 2.90. The van der Waals surface area contributed by atoms with Gasteiger partial charge in [0.15, 0.2) is 0 Å². The van der Waals surface area contributed by atoms with Crippen LogP contribution >= 0.6 is 42.6 Å². The summed E-state index contributed by atoms with van der Waals surface area (Å²) in [5.41, 5.74) is 1.29. The van der Waals surface area contributed by atoms with Crippen LogP contribution in [0.15, 0.2) is 24.3 Å². The number of hydrogen-bond donors (Lipinski definition) is 0. The molecule has 0 amide bonds. The lowest BCUT2D eigenvalue weighted by Gasteiger charge is -2.09. The minimum Gasteiger partial charge on any atom is -0.289 e. The molecule has 0 radical (unpaired) electrons. The summed E-state index contributed by atoms with van der Waals surface area (Å²) in [6.45, 7) is 6.94. The number of Topliss-reactive ketones (excluding diaryl/α,β-unsaturated/α-hetero) is 1. The average Bonchev–Trinajstić information content (AvgIpc) is 2.51. The molecule has 3 nitrogen and oxygen atoms in total. The van der Waals surface area contributed by atoms with Gasteiger partial charge < -0.3 is 0 Å². The van der Waals surface area contributed by atoms with E-state index < -0.39 is 24.8 Å². The van der Waals surface area contributed by atoms with Crippen LogP contribution in [0.2, 0.25) is 15.1 Å². The topological polar surface area (TPSA) is 51.2 Å². The molecule has 0 N–H and O–H groups in total. The monoisotopic (exact) mass is 429 g/mol. The van der Waals surface area contributed by atoms with Crippen molar-refractivity contribution in [1.82, 2.24) is 0 Å². The SMILES string of the molecule is Cc1cc(C)c(C(=O)[P+](=O)C(C)C(=O)c2c(Cl)cc(Cl)cc2Cl)c(C)c1. The van der Waals surface area contributed by atoms with Gasteiger partial charge in [-0.2, -0.15) is 0 Å². The summed E-state index contributed by atoms with van der Waals surface area (Å²) in [6.07, 6.45) is 0. The molecule has 2 aromatic rings. The molecule has 2 aromatic carbocycles. The molecule has 0 aliphatic heterocycles. The Morgan fingerprint density at radius 2 is 1.35 bits per heavy atom. The van der Waals surface area contributed by atoms with Gasteiger partial charge in [0.05, 0.1) is 21.2 Å². The molecule has 0 aliphatic rings. The third-order valence-electron chi connectivity index (χ3n) is 4.08. The van der Waals surface area contributed by atoms with Crippen LogP contribution < -0.4 is 0 Å². The van der Waals surface area contributed by atoms with Crippen molar-refractivity contribution in [3.8, 4) is 0 Å². The van der Waals surface area contributed by atoms with Crippen molar-refractivity contribution in [2.75, 3.05) is 0 Å². The minimum atomic E-state index is -2.51. The fraction of sp³-hybridized carbons (Fsp3) is 0.263. The van der Waals surface area contributed by atoms with Crippen LogP contribution in [0.4, 0.5) is 0 Å². The molecule has 2 unspecified atom stereocenters. The van der Waals surface area contributed by atoms with E-state index >= 15 is 0 Å². The normalized spacial score (nSPS) is 12.7. The van der Waals surface area contributed by atoms with E-state index in [-0.39, 0.29) is 20.6 Å². The van der Waals surface area contributed by atoms with E-state index in [1.54, 1.807) is 13.8 Å². The van der Waals surface area contributed by atoms with Crippen LogP contribution in [0.3, 0.4) is 0 Å². The molecule has 26 heavy (non-hydrogen) atoms. The first-order chi connectivity index (χ1) is 12.0. The third kappa shape index (κ3) is 4.18. The second-order valence-electron chi connectivity index (χ2n) is 6.19. The van der Waals surface area contributed by atoms with E-state index in [2.05, 4.69) is 0 Å². The molecule has 2 atom stereocenters. The largest absolute Gasteiger partial charge is 0.431 e. The highest BCUT2D eigenvalue weighted by Gasteiger charge is 2.43. The van der Waals surface area contributed by atoms with Crippen molar-refractivity contribution in [1.29, 1.82) is 0 Å². The van der Waals surface area contributed by atoms with Gasteiger partial charge >= 0.3 is 13.3 Å². The average molecular weight is 431 g/mol. The van der Waals surface area contributed by atoms with Crippen LogP contribution in [0, 0.1) is 20.8 Å². The van der Waals surface area contributed by atoms with Crippen molar-refractivity contribution < 1.29 is 14.2 Å². The molecule has 0 saturated carbocycles. The third-order valence-corrected chi connectivity index (χ3v) is 6.45. The van der Waals surface area contributed by atoms with Gasteiger partial charge in [-0.15, -0.1) is 0 Å². The Kier molecular flexibility index (Phi) is 6.63. The molecule has 0 saturated heterocycles. The number of benzene rings is 2. The zero-order chi connectivity index (χ0) is 19.8. The maximum absolute atomic E-state index is 12.8. The smallest absolute Gasteiger partial charge is 0.289 e. The number of halogens is 3. The molecular formula is C19H17Cl3O3P+. The highest BCUT2D eigenvalue weighted by Crippen LogP contribution is 2.39. The maximum Gasteiger partial charge on any atom is 0.431 e. The van der Waals surface area contributed by atoms with Crippen molar-refractivity contribution in [3.05, 3.63) is 67.2 Å². The van der Waals surface area contributed by atoms with Gasteiger partial charge in [0, 0.05) is 5.02 Å². The Bertz CT molecular complexity index is 892. The summed E-state index contributed by atoms with van der Waals surface area (Å²) in [6, 6.07) is 6.47. The lowest BCUT2D eigenvalue weighted by molar-refractivity contribution is 0.0982. The Labute approximate surface area is 168 Å². The molecule has 0 spiro atoms. The number of ketones is 1. The van der Waals surface area contributed by atoms with E-state index in [0.29, 0.717) is 5.56 Å². The Morgan fingerprint density at radius 1 is 0.885 bits per heavy atom. The summed E-state index contributed by atoms with van der Waals surface area (Å²) in [7, 11) is -2.51. The quantitative estimate of drug-likeness (QED) is 0.387.